The number of halogens is 2. The minimum absolute atomic E-state index is 0.101. The van der Waals surface area contributed by atoms with Gasteiger partial charge >= 0.3 is 0 Å². The summed E-state index contributed by atoms with van der Waals surface area (Å²) >= 11 is 0. The van der Waals surface area contributed by atoms with Gasteiger partial charge in [0.25, 0.3) is 5.91 Å². The zero-order valence-electron chi connectivity index (χ0n) is 10.7. The van der Waals surface area contributed by atoms with Crippen molar-refractivity contribution in [2.45, 2.75) is 6.42 Å². The summed E-state index contributed by atoms with van der Waals surface area (Å²) in [6.07, 6.45) is 0.485. The van der Waals surface area contributed by atoms with Gasteiger partial charge < -0.3 is 11.1 Å². The molecule has 2 rings (SSSR count). The number of benzene rings is 2. The van der Waals surface area contributed by atoms with Gasteiger partial charge in [0.15, 0.2) is 0 Å². The smallest absolute Gasteiger partial charge is 0.253 e. The predicted octanol–water partition coefficient (Wildman–Crippen LogP) is 2.52. The third-order valence-electron chi connectivity index (χ3n) is 2.89. The SMILES string of the molecule is Nc1c(F)cccc1C(=O)NCCc1cccc(F)c1. The third-order valence-corrected chi connectivity index (χ3v) is 2.89. The number of nitrogens with two attached hydrogens (primary N) is 1. The second-order valence-electron chi connectivity index (χ2n) is 4.34. The van der Waals surface area contributed by atoms with Gasteiger partial charge in [0, 0.05) is 6.54 Å². The van der Waals surface area contributed by atoms with Crippen molar-refractivity contribution in [1.82, 2.24) is 5.32 Å². The molecule has 0 radical (unpaired) electrons. The minimum atomic E-state index is -0.622. The molecule has 0 fully saturated rings. The van der Waals surface area contributed by atoms with Gasteiger partial charge in [-0.15, -0.1) is 0 Å². The lowest BCUT2D eigenvalue weighted by molar-refractivity contribution is 0.0954. The number of rotatable bonds is 4. The maximum atomic E-state index is 13.2. The van der Waals surface area contributed by atoms with E-state index in [-0.39, 0.29) is 17.1 Å². The molecule has 2 aromatic rings. The summed E-state index contributed by atoms with van der Waals surface area (Å²) in [5, 5.41) is 2.63. The van der Waals surface area contributed by atoms with Crippen LogP contribution in [0.3, 0.4) is 0 Å². The van der Waals surface area contributed by atoms with Crippen molar-refractivity contribution >= 4 is 11.6 Å². The number of carbonyl (C=O) groups is 1. The van der Waals surface area contributed by atoms with Crippen LogP contribution in [0.15, 0.2) is 42.5 Å². The van der Waals surface area contributed by atoms with E-state index in [1.165, 1.54) is 30.3 Å². The van der Waals surface area contributed by atoms with Crippen LogP contribution in [0.2, 0.25) is 0 Å². The predicted molar refractivity (Wildman–Crippen MR) is 73.2 cm³/mol. The number of hydrogen-bond donors (Lipinski definition) is 2. The van der Waals surface area contributed by atoms with Crippen molar-refractivity contribution in [2.24, 2.45) is 0 Å². The van der Waals surface area contributed by atoms with Crippen LogP contribution in [-0.4, -0.2) is 12.5 Å². The molecule has 0 aromatic heterocycles. The van der Waals surface area contributed by atoms with Crippen molar-refractivity contribution in [1.29, 1.82) is 0 Å². The highest BCUT2D eigenvalue weighted by Gasteiger charge is 2.11. The first-order chi connectivity index (χ1) is 9.58. The average Bonchev–Trinajstić information content (AvgIpc) is 2.42. The summed E-state index contributed by atoms with van der Waals surface area (Å²) in [5.74, 6) is -1.38. The molecule has 0 saturated heterocycles. The van der Waals surface area contributed by atoms with Crippen LogP contribution in [0.1, 0.15) is 15.9 Å². The summed E-state index contributed by atoms with van der Waals surface area (Å²) in [7, 11) is 0. The highest BCUT2D eigenvalue weighted by Crippen LogP contribution is 2.15. The number of nitrogens with one attached hydrogen (secondary N) is 1. The Labute approximate surface area is 115 Å². The summed E-state index contributed by atoms with van der Waals surface area (Å²) in [6, 6.07) is 10.2. The maximum absolute atomic E-state index is 13.2. The van der Waals surface area contributed by atoms with Crippen LogP contribution in [0.5, 0.6) is 0 Å². The number of carbonyl (C=O) groups excluding carboxylic acids is 1. The van der Waals surface area contributed by atoms with E-state index >= 15 is 0 Å². The highest BCUT2D eigenvalue weighted by molar-refractivity contribution is 5.99. The summed E-state index contributed by atoms with van der Waals surface area (Å²) in [6.45, 7) is 0.318. The van der Waals surface area contributed by atoms with E-state index in [0.717, 1.165) is 5.56 Å². The molecule has 0 saturated carbocycles. The Bertz CT molecular complexity index is 629. The van der Waals surface area contributed by atoms with Crippen molar-refractivity contribution in [2.75, 3.05) is 12.3 Å². The van der Waals surface area contributed by atoms with Gasteiger partial charge in [-0.25, -0.2) is 8.78 Å². The van der Waals surface area contributed by atoms with E-state index in [9.17, 15) is 13.6 Å². The normalized spacial score (nSPS) is 10.3. The number of hydrogen-bond acceptors (Lipinski definition) is 2. The Balaban J connectivity index is 1.94. The minimum Gasteiger partial charge on any atom is -0.396 e. The van der Waals surface area contributed by atoms with E-state index in [0.29, 0.717) is 13.0 Å². The van der Waals surface area contributed by atoms with Gasteiger partial charge in [-0.05, 0) is 36.2 Å². The maximum Gasteiger partial charge on any atom is 0.253 e. The largest absolute Gasteiger partial charge is 0.396 e. The Kier molecular flexibility index (Phi) is 4.30. The molecule has 0 aliphatic rings. The van der Waals surface area contributed by atoms with Gasteiger partial charge in [0.05, 0.1) is 11.3 Å². The molecular formula is C15H14F2N2O. The quantitative estimate of drug-likeness (QED) is 0.843. The van der Waals surface area contributed by atoms with Crippen LogP contribution < -0.4 is 11.1 Å². The Morgan fingerprint density at radius 2 is 1.90 bits per heavy atom. The fourth-order valence-electron chi connectivity index (χ4n) is 1.84. The van der Waals surface area contributed by atoms with Crippen molar-refractivity contribution in [3.63, 3.8) is 0 Å². The number of nitrogen functional groups attached to an aromatic ring is 1. The fourth-order valence-corrected chi connectivity index (χ4v) is 1.84. The monoisotopic (exact) mass is 276 g/mol. The van der Waals surface area contributed by atoms with Crippen LogP contribution >= 0.6 is 0 Å². The van der Waals surface area contributed by atoms with Gasteiger partial charge in [-0.1, -0.05) is 18.2 Å². The number of anilines is 1. The zero-order valence-corrected chi connectivity index (χ0v) is 10.7. The van der Waals surface area contributed by atoms with Gasteiger partial charge in [-0.3, -0.25) is 4.79 Å². The highest BCUT2D eigenvalue weighted by atomic mass is 19.1. The van der Waals surface area contributed by atoms with Crippen molar-refractivity contribution in [3.05, 3.63) is 65.2 Å². The molecule has 0 spiro atoms. The van der Waals surface area contributed by atoms with Gasteiger partial charge in [-0.2, -0.15) is 0 Å². The molecule has 0 heterocycles. The second kappa shape index (κ2) is 6.14. The lowest BCUT2D eigenvalue weighted by Crippen LogP contribution is -2.26. The van der Waals surface area contributed by atoms with Gasteiger partial charge in [0.2, 0.25) is 0 Å². The van der Waals surface area contributed by atoms with Crippen molar-refractivity contribution in [3.8, 4) is 0 Å². The first kappa shape index (κ1) is 14.0. The molecule has 0 aliphatic heterocycles. The molecule has 104 valence electrons. The molecule has 0 aliphatic carbocycles. The second-order valence-corrected chi connectivity index (χ2v) is 4.34. The van der Waals surface area contributed by atoms with Crippen LogP contribution in [0.25, 0.3) is 0 Å². The fraction of sp³-hybridized carbons (Fsp3) is 0.133. The Hall–Kier alpha value is -2.43. The van der Waals surface area contributed by atoms with E-state index in [4.69, 9.17) is 5.73 Å². The number of amides is 1. The lowest BCUT2D eigenvalue weighted by atomic mass is 10.1. The van der Waals surface area contributed by atoms with E-state index < -0.39 is 11.7 Å². The van der Waals surface area contributed by atoms with E-state index in [2.05, 4.69) is 5.32 Å². The first-order valence-corrected chi connectivity index (χ1v) is 6.14. The molecule has 0 bridgehead atoms. The average molecular weight is 276 g/mol. The topological polar surface area (TPSA) is 55.1 Å². The molecular weight excluding hydrogens is 262 g/mol. The van der Waals surface area contributed by atoms with Gasteiger partial charge in [0.1, 0.15) is 11.6 Å². The molecule has 1 amide bonds. The molecule has 0 atom stereocenters. The third kappa shape index (κ3) is 3.32. The summed E-state index contributed by atoms with van der Waals surface area (Å²) in [5.41, 5.74) is 6.21. The molecule has 20 heavy (non-hydrogen) atoms. The summed E-state index contributed by atoms with van der Waals surface area (Å²) in [4.78, 5) is 11.8. The molecule has 2 aromatic carbocycles. The van der Waals surface area contributed by atoms with E-state index in [1.807, 2.05) is 0 Å². The molecule has 0 unspecified atom stereocenters. The number of para-hydroxylation sites is 1. The Morgan fingerprint density at radius 1 is 1.15 bits per heavy atom. The van der Waals surface area contributed by atoms with Crippen LogP contribution in [0, 0.1) is 11.6 Å². The molecule has 3 nitrogen and oxygen atoms in total. The standard InChI is InChI=1S/C15H14F2N2O/c16-11-4-1-3-10(9-11)7-8-19-15(20)12-5-2-6-13(17)14(12)18/h1-6,9H,7-8,18H2,(H,19,20). The Morgan fingerprint density at radius 3 is 2.65 bits per heavy atom. The zero-order chi connectivity index (χ0) is 14.5. The van der Waals surface area contributed by atoms with Crippen LogP contribution in [-0.2, 0) is 6.42 Å². The summed E-state index contributed by atoms with van der Waals surface area (Å²) < 4.78 is 26.2. The lowest BCUT2D eigenvalue weighted by Gasteiger charge is -2.08. The van der Waals surface area contributed by atoms with Crippen molar-refractivity contribution < 1.29 is 13.6 Å². The molecule has 5 heteroatoms. The molecule has 3 N–H and O–H groups in total. The van der Waals surface area contributed by atoms with E-state index in [1.54, 1.807) is 12.1 Å². The van der Waals surface area contributed by atoms with Crippen LogP contribution in [0.4, 0.5) is 14.5 Å². The first-order valence-electron chi connectivity index (χ1n) is 6.14.